The van der Waals surface area contributed by atoms with Gasteiger partial charge in [0.25, 0.3) is 0 Å². The van der Waals surface area contributed by atoms with Gasteiger partial charge in [-0.25, -0.2) is 0 Å². The molecule has 7 atom stereocenters. The maximum Gasteiger partial charge on any atom is 0.223 e. The second kappa shape index (κ2) is 14.0. The van der Waals surface area contributed by atoms with E-state index < -0.39 is 6.10 Å². The van der Waals surface area contributed by atoms with E-state index in [9.17, 15) is 14.7 Å². The number of ketones is 1. The van der Waals surface area contributed by atoms with Crippen LogP contribution in [0.4, 0.5) is 0 Å². The number of aliphatic imine (C=N–C) groups is 1. The van der Waals surface area contributed by atoms with E-state index in [1.54, 1.807) is 10.9 Å². The lowest BCUT2D eigenvalue weighted by molar-refractivity contribution is -0.128. The van der Waals surface area contributed by atoms with Gasteiger partial charge in [-0.15, -0.1) is 0 Å². The molecule has 2 N–H and O–H groups in total. The third kappa shape index (κ3) is 7.87. The van der Waals surface area contributed by atoms with Crippen LogP contribution in [0.3, 0.4) is 0 Å². The van der Waals surface area contributed by atoms with Crippen LogP contribution in [0.1, 0.15) is 102 Å². The first-order chi connectivity index (χ1) is 18.5. The summed E-state index contributed by atoms with van der Waals surface area (Å²) in [6.45, 7) is 15.3. The monoisotopic (exact) mass is 536 g/mol. The predicted octanol–water partition coefficient (Wildman–Crippen LogP) is 5.63. The Hall–Kier alpha value is -2.80. The number of hydrogen-bond acceptors (Lipinski definition) is 5. The number of carbonyl (C=O) groups is 2. The molecule has 3 rings (SSSR count). The Morgan fingerprint density at radius 3 is 2.56 bits per heavy atom. The number of aliphatic hydroxyl groups is 1. The van der Waals surface area contributed by atoms with Crippen LogP contribution in [0.25, 0.3) is 0 Å². The Labute approximate surface area is 234 Å². The molecule has 1 fully saturated rings. The van der Waals surface area contributed by atoms with Crippen molar-refractivity contribution in [2.24, 2.45) is 22.7 Å². The molecule has 0 saturated heterocycles. The maximum absolute atomic E-state index is 13.3. The summed E-state index contributed by atoms with van der Waals surface area (Å²) in [5.41, 5.74) is 3.85. The summed E-state index contributed by atoms with van der Waals surface area (Å²) in [5, 5.41) is 17.8. The fourth-order valence-corrected chi connectivity index (χ4v) is 6.17. The molecule has 1 aliphatic carbocycles. The Kier molecular flexibility index (Phi) is 11.0. The largest absolute Gasteiger partial charge is 0.393 e. The van der Waals surface area contributed by atoms with Crippen molar-refractivity contribution in [2.75, 3.05) is 6.54 Å². The van der Waals surface area contributed by atoms with Gasteiger partial charge in [-0.05, 0) is 86.8 Å². The van der Waals surface area contributed by atoms with Gasteiger partial charge < -0.3 is 10.4 Å². The van der Waals surface area contributed by atoms with Crippen molar-refractivity contribution in [1.29, 1.82) is 0 Å². The average Bonchev–Trinajstić information content (AvgIpc) is 3.53. The van der Waals surface area contributed by atoms with E-state index >= 15 is 0 Å². The van der Waals surface area contributed by atoms with Crippen LogP contribution in [-0.2, 0) is 9.59 Å². The first kappa shape index (κ1) is 30.7. The summed E-state index contributed by atoms with van der Waals surface area (Å²) in [6, 6.07) is 8.39. The maximum atomic E-state index is 13.3. The lowest BCUT2D eigenvalue weighted by Gasteiger charge is -2.24. The Morgan fingerprint density at radius 1 is 1.21 bits per heavy atom. The SMILES string of the molecule is CC=NC(C)C(C)c1ccc([C@H](C)CCNC(=O)C2C[C@@H](O)CC2CC(=O)[C@H](C(C)C)n2cccn2)c(C)c1. The topological polar surface area (TPSA) is 96.6 Å². The van der Waals surface area contributed by atoms with Crippen LogP contribution < -0.4 is 5.32 Å². The smallest absolute Gasteiger partial charge is 0.223 e. The summed E-state index contributed by atoms with van der Waals surface area (Å²) in [4.78, 5) is 31.0. The minimum Gasteiger partial charge on any atom is -0.393 e. The molecule has 1 saturated carbocycles. The fourth-order valence-electron chi connectivity index (χ4n) is 6.17. The first-order valence-corrected chi connectivity index (χ1v) is 14.6. The number of aliphatic hydroxyl groups excluding tert-OH is 1. The van der Waals surface area contributed by atoms with Gasteiger partial charge in [0, 0.05) is 37.2 Å². The summed E-state index contributed by atoms with van der Waals surface area (Å²) in [6.07, 6.45) is 6.81. The molecule has 0 aliphatic heterocycles. The number of benzene rings is 1. The van der Waals surface area contributed by atoms with Crippen molar-refractivity contribution in [3.05, 3.63) is 53.3 Å². The van der Waals surface area contributed by atoms with Gasteiger partial charge in [-0.3, -0.25) is 19.3 Å². The molecule has 4 unspecified atom stereocenters. The minimum absolute atomic E-state index is 0.0527. The molecule has 0 radical (unpaired) electrons. The second-order valence-electron chi connectivity index (χ2n) is 11.9. The van der Waals surface area contributed by atoms with Crippen molar-refractivity contribution < 1.29 is 14.7 Å². The Balaban J connectivity index is 1.56. The first-order valence-electron chi connectivity index (χ1n) is 14.6. The zero-order chi connectivity index (χ0) is 28.7. The van der Waals surface area contributed by atoms with Crippen molar-refractivity contribution in [3.63, 3.8) is 0 Å². The molecule has 7 nitrogen and oxygen atoms in total. The average molecular weight is 537 g/mol. The number of nitrogens with one attached hydrogen (secondary N) is 1. The summed E-state index contributed by atoms with van der Waals surface area (Å²) >= 11 is 0. The molecule has 7 heteroatoms. The summed E-state index contributed by atoms with van der Waals surface area (Å²) in [5.74, 6) is 0.254. The molecule has 1 aliphatic rings. The van der Waals surface area contributed by atoms with Gasteiger partial charge in [0.1, 0.15) is 6.04 Å². The van der Waals surface area contributed by atoms with E-state index in [-0.39, 0.29) is 47.9 Å². The molecular weight excluding hydrogens is 488 g/mol. The Bertz CT molecular complexity index is 1110. The lowest BCUT2D eigenvalue weighted by Crippen LogP contribution is -2.35. The highest BCUT2D eigenvalue weighted by Gasteiger charge is 2.40. The van der Waals surface area contributed by atoms with E-state index in [1.165, 1.54) is 16.7 Å². The number of carbonyl (C=O) groups excluding carboxylic acids is 2. The number of hydrogen-bond donors (Lipinski definition) is 2. The van der Waals surface area contributed by atoms with Gasteiger partial charge in [0.15, 0.2) is 5.78 Å². The highest BCUT2D eigenvalue weighted by atomic mass is 16.3. The molecule has 39 heavy (non-hydrogen) atoms. The second-order valence-corrected chi connectivity index (χ2v) is 11.9. The zero-order valence-electron chi connectivity index (χ0n) is 24.8. The van der Waals surface area contributed by atoms with Crippen molar-refractivity contribution in [1.82, 2.24) is 15.1 Å². The van der Waals surface area contributed by atoms with Gasteiger partial charge in [0.2, 0.25) is 5.91 Å². The highest BCUT2D eigenvalue weighted by molar-refractivity contribution is 5.85. The van der Waals surface area contributed by atoms with E-state index in [2.05, 4.69) is 61.3 Å². The highest BCUT2D eigenvalue weighted by Crippen LogP contribution is 2.37. The minimum atomic E-state index is -0.547. The third-order valence-corrected chi connectivity index (χ3v) is 8.58. The van der Waals surface area contributed by atoms with Gasteiger partial charge >= 0.3 is 0 Å². The van der Waals surface area contributed by atoms with Crippen LogP contribution >= 0.6 is 0 Å². The number of aromatic nitrogens is 2. The molecule has 214 valence electrons. The number of rotatable bonds is 13. The number of amides is 1. The number of aryl methyl sites for hydroxylation is 1. The predicted molar refractivity (Wildman–Crippen MR) is 157 cm³/mol. The van der Waals surface area contributed by atoms with Crippen molar-refractivity contribution in [2.45, 2.75) is 104 Å². The Morgan fingerprint density at radius 2 is 1.95 bits per heavy atom. The number of nitrogens with zero attached hydrogens (tertiary/aromatic N) is 3. The molecule has 1 aromatic carbocycles. The van der Waals surface area contributed by atoms with E-state index in [1.807, 2.05) is 39.2 Å². The van der Waals surface area contributed by atoms with Gasteiger partial charge in [-0.2, -0.15) is 5.10 Å². The standard InChI is InChI=1S/C32H48N4O3/c1-8-33-24(7)23(6)25-10-11-28(22(5)16-25)21(4)12-14-34-32(39)29-19-27(37)17-26(29)18-30(38)31(20(2)3)36-15-9-13-35-36/h8-11,13,15-16,20-21,23-24,26-27,29,31,37H,12,14,17-19H2,1-7H3,(H,34,39)/t21-,23?,24?,26?,27+,29?,31+/m1/s1. The van der Waals surface area contributed by atoms with E-state index in [4.69, 9.17) is 0 Å². The summed E-state index contributed by atoms with van der Waals surface area (Å²) in [7, 11) is 0. The molecule has 0 spiro atoms. The van der Waals surface area contributed by atoms with Crippen molar-refractivity contribution in [3.8, 4) is 0 Å². The normalized spacial score (nSPS) is 22.6. The third-order valence-electron chi connectivity index (χ3n) is 8.58. The van der Waals surface area contributed by atoms with Gasteiger partial charge in [0.05, 0.1) is 12.1 Å². The van der Waals surface area contributed by atoms with Crippen LogP contribution in [0, 0.1) is 24.7 Å². The molecular formula is C32H48N4O3. The quantitative estimate of drug-likeness (QED) is 0.324. The van der Waals surface area contributed by atoms with Crippen LogP contribution in [0.5, 0.6) is 0 Å². The van der Waals surface area contributed by atoms with Gasteiger partial charge in [-0.1, -0.05) is 45.9 Å². The van der Waals surface area contributed by atoms with E-state index in [0.29, 0.717) is 31.2 Å². The van der Waals surface area contributed by atoms with Crippen LogP contribution in [0.2, 0.25) is 0 Å². The summed E-state index contributed by atoms with van der Waals surface area (Å²) < 4.78 is 1.71. The van der Waals surface area contributed by atoms with E-state index in [0.717, 1.165) is 6.42 Å². The lowest BCUT2D eigenvalue weighted by atomic mass is 9.86. The molecule has 1 heterocycles. The zero-order valence-corrected chi connectivity index (χ0v) is 24.8. The fraction of sp³-hybridized carbons (Fsp3) is 0.625. The van der Waals surface area contributed by atoms with Crippen molar-refractivity contribution >= 4 is 17.9 Å². The molecule has 1 amide bonds. The number of Topliss-reactive ketones (excluding diaryl/α,β-unsaturated/α-hetero) is 1. The molecule has 2 aromatic rings. The van der Waals surface area contributed by atoms with Crippen LogP contribution in [-0.4, -0.2) is 51.5 Å². The van der Waals surface area contributed by atoms with Crippen LogP contribution in [0.15, 0.2) is 41.7 Å². The molecule has 0 bridgehead atoms. The molecule has 1 aromatic heterocycles.